The molecular weight excluding hydrogens is 408 g/mol. The molecule has 0 saturated heterocycles. The molecule has 10 nitrogen and oxygen atoms in total. The highest BCUT2D eigenvalue weighted by Gasteiger charge is 2.40. The minimum atomic E-state index is -1.23. The standard InChI is InChI=1S/C18H15ClN2O8/c1-2-27-18(24)14-13(10-5-8(21(25)26)3-4-11(10)19)16-15(29-17(14)20)12(23)6-9(7-22)28-16/h3-6,13,22H,2,7,20H2,1H3. The number of fused-ring (bicyclic) bond motifs is 1. The summed E-state index contributed by atoms with van der Waals surface area (Å²) in [6.45, 7) is 0.982. The summed E-state index contributed by atoms with van der Waals surface area (Å²) in [5.41, 5.74) is 4.77. The molecule has 11 heteroatoms. The van der Waals surface area contributed by atoms with Gasteiger partial charge in [-0.2, -0.15) is 0 Å². The van der Waals surface area contributed by atoms with Gasteiger partial charge in [0, 0.05) is 23.2 Å². The lowest BCUT2D eigenvalue weighted by Gasteiger charge is -2.27. The van der Waals surface area contributed by atoms with Gasteiger partial charge in [0.15, 0.2) is 5.76 Å². The average molecular weight is 423 g/mol. The SMILES string of the molecule is CCOC(=O)C1=C(N)Oc2c(oc(CO)cc2=O)C1c1cc([N+](=O)[O-])ccc1Cl. The highest BCUT2D eigenvalue weighted by atomic mass is 35.5. The van der Waals surface area contributed by atoms with Gasteiger partial charge in [-0.3, -0.25) is 14.9 Å². The lowest BCUT2D eigenvalue weighted by atomic mass is 9.86. The fraction of sp³-hybridized carbons (Fsp3) is 0.222. The molecule has 1 aromatic carbocycles. The maximum atomic E-state index is 12.6. The fourth-order valence-electron chi connectivity index (χ4n) is 2.95. The van der Waals surface area contributed by atoms with E-state index in [2.05, 4.69) is 0 Å². The summed E-state index contributed by atoms with van der Waals surface area (Å²) in [7, 11) is 0. The fourth-order valence-corrected chi connectivity index (χ4v) is 3.17. The Morgan fingerprint density at radius 3 is 2.76 bits per heavy atom. The highest BCUT2D eigenvalue weighted by Crippen LogP contribution is 2.44. The monoisotopic (exact) mass is 422 g/mol. The van der Waals surface area contributed by atoms with Crippen LogP contribution in [0.25, 0.3) is 0 Å². The van der Waals surface area contributed by atoms with Crippen molar-refractivity contribution in [3.63, 3.8) is 0 Å². The predicted molar refractivity (Wildman–Crippen MR) is 99.3 cm³/mol. The van der Waals surface area contributed by atoms with Gasteiger partial charge in [0.05, 0.1) is 17.4 Å². The van der Waals surface area contributed by atoms with Crippen molar-refractivity contribution in [2.45, 2.75) is 19.4 Å². The van der Waals surface area contributed by atoms with Gasteiger partial charge in [0.1, 0.15) is 17.9 Å². The van der Waals surface area contributed by atoms with E-state index >= 15 is 0 Å². The zero-order valence-electron chi connectivity index (χ0n) is 15.0. The molecule has 2 aromatic rings. The number of nitro benzene ring substituents is 1. The summed E-state index contributed by atoms with van der Waals surface area (Å²) in [6, 6.07) is 4.61. The molecular formula is C18H15ClN2O8. The van der Waals surface area contributed by atoms with Crippen LogP contribution >= 0.6 is 11.6 Å². The first-order valence-corrected chi connectivity index (χ1v) is 8.72. The van der Waals surface area contributed by atoms with Crippen LogP contribution in [-0.2, 0) is 16.1 Å². The number of nitro groups is 1. The van der Waals surface area contributed by atoms with E-state index in [-0.39, 0.29) is 45.7 Å². The van der Waals surface area contributed by atoms with Crippen molar-refractivity contribution < 1.29 is 28.7 Å². The third-order valence-corrected chi connectivity index (χ3v) is 4.51. The van der Waals surface area contributed by atoms with Crippen molar-refractivity contribution >= 4 is 23.3 Å². The lowest BCUT2D eigenvalue weighted by Crippen LogP contribution is -2.30. The van der Waals surface area contributed by atoms with Crippen molar-refractivity contribution in [1.29, 1.82) is 0 Å². The Bertz CT molecular complexity index is 1090. The Balaban J connectivity index is 2.35. The van der Waals surface area contributed by atoms with Crippen LogP contribution in [0, 0.1) is 10.1 Å². The molecule has 0 amide bonds. The number of halogens is 1. The molecule has 1 atom stereocenters. The van der Waals surface area contributed by atoms with Crippen molar-refractivity contribution in [1.82, 2.24) is 0 Å². The van der Waals surface area contributed by atoms with E-state index in [0.717, 1.165) is 12.1 Å². The Morgan fingerprint density at radius 1 is 1.41 bits per heavy atom. The minimum absolute atomic E-state index is 0.0124. The summed E-state index contributed by atoms with van der Waals surface area (Å²) in [5.74, 6) is -3.13. The molecule has 1 aliphatic heterocycles. The van der Waals surface area contributed by atoms with E-state index in [9.17, 15) is 24.8 Å². The maximum Gasteiger partial charge on any atom is 0.340 e. The topological polar surface area (TPSA) is 155 Å². The number of esters is 1. The largest absolute Gasteiger partial charge is 0.462 e. The number of carbonyl (C=O) groups excluding carboxylic acids is 1. The molecule has 1 aliphatic rings. The van der Waals surface area contributed by atoms with Gasteiger partial charge in [-0.15, -0.1) is 0 Å². The van der Waals surface area contributed by atoms with Gasteiger partial charge in [-0.25, -0.2) is 4.79 Å². The number of rotatable bonds is 5. The number of ether oxygens (including phenoxy) is 2. The first kappa shape index (κ1) is 20.4. The minimum Gasteiger partial charge on any atom is -0.462 e. The van der Waals surface area contributed by atoms with Crippen LogP contribution in [-0.4, -0.2) is 22.6 Å². The molecule has 2 heterocycles. The van der Waals surface area contributed by atoms with Crippen molar-refractivity contribution in [2.75, 3.05) is 6.61 Å². The highest BCUT2D eigenvalue weighted by molar-refractivity contribution is 6.31. The number of carbonyl (C=O) groups is 1. The van der Waals surface area contributed by atoms with E-state index in [0.29, 0.717) is 0 Å². The second-order valence-electron chi connectivity index (χ2n) is 5.92. The normalized spacial score (nSPS) is 15.5. The van der Waals surface area contributed by atoms with Crippen molar-refractivity contribution in [3.8, 4) is 5.75 Å². The Kier molecular flexibility index (Phi) is 5.57. The van der Waals surface area contributed by atoms with Gasteiger partial charge < -0.3 is 24.7 Å². The van der Waals surface area contributed by atoms with Gasteiger partial charge in [0.2, 0.25) is 17.1 Å². The van der Waals surface area contributed by atoms with Crippen molar-refractivity contribution in [2.24, 2.45) is 5.73 Å². The first-order valence-electron chi connectivity index (χ1n) is 8.34. The Labute approximate surface area is 168 Å². The van der Waals surface area contributed by atoms with Crippen LogP contribution in [0.3, 0.4) is 0 Å². The number of hydrogen-bond acceptors (Lipinski definition) is 9. The number of nitrogens with zero attached hydrogens (tertiary/aromatic N) is 1. The van der Waals surface area contributed by atoms with Crippen LogP contribution in [0.2, 0.25) is 5.02 Å². The molecule has 0 spiro atoms. The second-order valence-corrected chi connectivity index (χ2v) is 6.33. The van der Waals surface area contributed by atoms with Crippen LogP contribution < -0.4 is 15.9 Å². The van der Waals surface area contributed by atoms with E-state index in [4.69, 9.17) is 31.2 Å². The van der Waals surface area contributed by atoms with Gasteiger partial charge in [0.25, 0.3) is 5.69 Å². The number of nitrogens with two attached hydrogens (primary N) is 1. The van der Waals surface area contributed by atoms with Crippen LogP contribution in [0.15, 0.2) is 44.9 Å². The second kappa shape index (κ2) is 7.94. The quantitative estimate of drug-likeness (QED) is 0.417. The molecule has 152 valence electrons. The average Bonchev–Trinajstić information content (AvgIpc) is 2.68. The summed E-state index contributed by atoms with van der Waals surface area (Å²) in [5, 5.41) is 20.7. The zero-order valence-corrected chi connectivity index (χ0v) is 15.8. The Hall–Kier alpha value is -3.37. The molecule has 0 fully saturated rings. The van der Waals surface area contributed by atoms with E-state index in [1.54, 1.807) is 6.92 Å². The summed E-state index contributed by atoms with van der Waals surface area (Å²) >= 11 is 6.26. The number of aliphatic hydroxyl groups excluding tert-OH is 1. The van der Waals surface area contributed by atoms with Gasteiger partial charge >= 0.3 is 5.97 Å². The number of hydrogen-bond donors (Lipinski definition) is 2. The number of non-ortho nitro benzene ring substituents is 1. The maximum absolute atomic E-state index is 12.6. The van der Waals surface area contributed by atoms with E-state index in [1.165, 1.54) is 12.1 Å². The van der Waals surface area contributed by atoms with Gasteiger partial charge in [-0.1, -0.05) is 11.6 Å². The van der Waals surface area contributed by atoms with E-state index < -0.39 is 34.7 Å². The number of benzene rings is 1. The third-order valence-electron chi connectivity index (χ3n) is 4.16. The molecule has 0 aliphatic carbocycles. The third kappa shape index (κ3) is 3.67. The Morgan fingerprint density at radius 2 is 2.14 bits per heavy atom. The molecule has 0 radical (unpaired) electrons. The molecule has 29 heavy (non-hydrogen) atoms. The lowest BCUT2D eigenvalue weighted by molar-refractivity contribution is -0.384. The molecule has 0 bridgehead atoms. The van der Waals surface area contributed by atoms with Crippen LogP contribution in [0.4, 0.5) is 5.69 Å². The zero-order chi connectivity index (χ0) is 21.3. The summed E-state index contributed by atoms with van der Waals surface area (Å²) in [6.07, 6.45) is 0. The molecule has 0 saturated carbocycles. The predicted octanol–water partition coefficient (Wildman–Crippen LogP) is 1.95. The van der Waals surface area contributed by atoms with Gasteiger partial charge in [-0.05, 0) is 18.6 Å². The molecule has 3 rings (SSSR count). The number of aliphatic hydroxyl groups is 1. The summed E-state index contributed by atoms with van der Waals surface area (Å²) in [4.78, 5) is 35.6. The van der Waals surface area contributed by atoms with Crippen molar-refractivity contribution in [3.05, 3.63) is 78.2 Å². The molecule has 3 N–H and O–H groups in total. The van der Waals surface area contributed by atoms with Crippen LogP contribution in [0.5, 0.6) is 5.75 Å². The first-order chi connectivity index (χ1) is 13.8. The van der Waals surface area contributed by atoms with E-state index in [1.807, 2.05) is 0 Å². The molecule has 1 unspecified atom stereocenters. The summed E-state index contributed by atoms with van der Waals surface area (Å²) < 4.78 is 15.9. The molecule has 1 aromatic heterocycles. The smallest absolute Gasteiger partial charge is 0.340 e. The van der Waals surface area contributed by atoms with Crippen LogP contribution in [0.1, 0.15) is 29.9 Å².